The van der Waals surface area contributed by atoms with Gasteiger partial charge in [-0.15, -0.1) is 0 Å². The van der Waals surface area contributed by atoms with Crippen molar-refractivity contribution in [3.8, 4) is 0 Å². The molecule has 0 spiro atoms. The molecule has 1 fully saturated rings. The Morgan fingerprint density at radius 3 is 2.75 bits per heavy atom. The summed E-state index contributed by atoms with van der Waals surface area (Å²) in [5.41, 5.74) is 4.76. The number of carbonyl (C=O) groups excluding carboxylic acids is 1. The number of nitrogens with one attached hydrogen (secondary N) is 1. The van der Waals surface area contributed by atoms with Gasteiger partial charge in [0.1, 0.15) is 5.76 Å². The molecule has 150 valence electrons. The standard InChI is InChI=1S/C24H32N2O2/c1-5-6-11-21(27)23-20(14-24(3,4)15-22(23)28)25-13-12-17-16(2)26-19-10-8-7-9-18(17)19/h7-10,26-27H,5-6,11-15H2,1-4H3. The smallest absolute Gasteiger partial charge is 0.168 e. The van der Waals surface area contributed by atoms with Crippen LogP contribution in [0.3, 0.4) is 0 Å². The van der Waals surface area contributed by atoms with Crippen LogP contribution in [0.2, 0.25) is 0 Å². The molecular weight excluding hydrogens is 348 g/mol. The maximum Gasteiger partial charge on any atom is 0.168 e. The average molecular weight is 381 g/mol. The molecule has 3 rings (SSSR count). The first-order valence-corrected chi connectivity index (χ1v) is 10.4. The van der Waals surface area contributed by atoms with Gasteiger partial charge < -0.3 is 10.1 Å². The second-order valence-corrected chi connectivity index (χ2v) is 8.72. The van der Waals surface area contributed by atoms with E-state index < -0.39 is 0 Å². The molecule has 0 radical (unpaired) electrons. The van der Waals surface area contributed by atoms with Gasteiger partial charge in [0.05, 0.1) is 5.57 Å². The van der Waals surface area contributed by atoms with Crippen LogP contribution in [-0.2, 0) is 11.2 Å². The highest BCUT2D eigenvalue weighted by atomic mass is 16.3. The number of aliphatic hydroxyl groups is 1. The summed E-state index contributed by atoms with van der Waals surface area (Å²) in [6, 6.07) is 8.32. The highest BCUT2D eigenvalue weighted by molar-refractivity contribution is 6.24. The monoisotopic (exact) mass is 380 g/mol. The molecule has 2 aromatic rings. The minimum absolute atomic E-state index is 0.0341. The normalized spacial score (nSPS) is 20.1. The SMILES string of the molecule is CCCCC(O)=C1C(=O)CC(C)(C)CC1=NCCc1c(C)[nH]c2ccccc12. The van der Waals surface area contributed by atoms with Gasteiger partial charge in [0.15, 0.2) is 5.78 Å². The Bertz CT molecular complexity index is 931. The van der Waals surface area contributed by atoms with Crippen molar-refractivity contribution in [3.05, 3.63) is 46.9 Å². The number of hydrogen-bond donors (Lipinski definition) is 2. The molecule has 0 aliphatic heterocycles. The highest BCUT2D eigenvalue weighted by Gasteiger charge is 2.35. The maximum atomic E-state index is 12.7. The van der Waals surface area contributed by atoms with Crippen LogP contribution in [0.15, 0.2) is 40.6 Å². The Kier molecular flexibility index (Phi) is 6.07. The Morgan fingerprint density at radius 1 is 1.25 bits per heavy atom. The van der Waals surface area contributed by atoms with Crippen LogP contribution >= 0.6 is 0 Å². The average Bonchev–Trinajstić information content (AvgIpc) is 2.94. The number of fused-ring (bicyclic) bond motifs is 1. The first kappa shape index (κ1) is 20.4. The number of aromatic nitrogens is 1. The summed E-state index contributed by atoms with van der Waals surface area (Å²) in [5.74, 6) is 0.260. The number of benzene rings is 1. The van der Waals surface area contributed by atoms with Crippen LogP contribution in [0.4, 0.5) is 0 Å². The summed E-state index contributed by atoms with van der Waals surface area (Å²) >= 11 is 0. The first-order valence-electron chi connectivity index (χ1n) is 10.4. The van der Waals surface area contributed by atoms with Gasteiger partial charge in [-0.3, -0.25) is 9.79 Å². The van der Waals surface area contributed by atoms with Crippen LogP contribution in [0.1, 0.15) is 64.1 Å². The molecule has 1 aliphatic carbocycles. The fourth-order valence-corrected chi connectivity index (χ4v) is 4.18. The van der Waals surface area contributed by atoms with Crippen molar-refractivity contribution in [2.45, 2.75) is 66.2 Å². The molecule has 1 heterocycles. The molecule has 0 atom stereocenters. The van der Waals surface area contributed by atoms with Crippen molar-refractivity contribution in [1.82, 2.24) is 4.98 Å². The second-order valence-electron chi connectivity index (χ2n) is 8.72. The van der Waals surface area contributed by atoms with Crippen LogP contribution in [0.5, 0.6) is 0 Å². The third kappa shape index (κ3) is 4.37. The third-order valence-corrected chi connectivity index (χ3v) is 5.60. The van der Waals surface area contributed by atoms with Crippen molar-refractivity contribution < 1.29 is 9.90 Å². The lowest BCUT2D eigenvalue weighted by Crippen LogP contribution is -2.33. The number of aliphatic hydroxyl groups excluding tert-OH is 1. The second kappa shape index (κ2) is 8.34. The molecule has 28 heavy (non-hydrogen) atoms. The van der Waals surface area contributed by atoms with Gasteiger partial charge in [-0.1, -0.05) is 45.4 Å². The molecule has 1 aromatic carbocycles. The van der Waals surface area contributed by atoms with Crippen molar-refractivity contribution in [2.75, 3.05) is 6.54 Å². The fraction of sp³-hybridized carbons (Fsp3) is 0.500. The summed E-state index contributed by atoms with van der Waals surface area (Å²) in [6.45, 7) is 9.00. The molecule has 4 nitrogen and oxygen atoms in total. The number of H-pyrrole nitrogens is 1. The van der Waals surface area contributed by atoms with E-state index >= 15 is 0 Å². The Labute approximate surface area is 167 Å². The van der Waals surface area contributed by atoms with Gasteiger partial charge in [-0.25, -0.2) is 0 Å². The number of ketones is 1. The molecule has 1 saturated carbocycles. The summed E-state index contributed by atoms with van der Waals surface area (Å²) in [5, 5.41) is 11.8. The third-order valence-electron chi connectivity index (χ3n) is 5.60. The molecular formula is C24H32N2O2. The Hall–Kier alpha value is -2.36. The molecule has 0 unspecified atom stereocenters. The van der Waals surface area contributed by atoms with Crippen LogP contribution < -0.4 is 0 Å². The van der Waals surface area contributed by atoms with E-state index in [1.165, 1.54) is 16.6 Å². The summed E-state index contributed by atoms with van der Waals surface area (Å²) < 4.78 is 0. The zero-order chi connectivity index (χ0) is 20.3. The van der Waals surface area contributed by atoms with E-state index in [4.69, 9.17) is 4.99 Å². The molecule has 4 heteroatoms. The quantitative estimate of drug-likeness (QED) is 0.487. The van der Waals surface area contributed by atoms with Crippen LogP contribution in [-0.4, -0.2) is 28.1 Å². The fourth-order valence-electron chi connectivity index (χ4n) is 4.18. The lowest BCUT2D eigenvalue weighted by atomic mass is 9.73. The number of Topliss-reactive ketones (excluding diaryl/α,β-unsaturated/α-hetero) is 1. The number of unbranched alkanes of at least 4 members (excludes halogenated alkanes) is 1. The van der Waals surface area contributed by atoms with Gasteiger partial charge in [0.2, 0.25) is 0 Å². The molecule has 1 aliphatic rings. The van der Waals surface area contributed by atoms with Gasteiger partial charge in [-0.2, -0.15) is 0 Å². The van der Waals surface area contributed by atoms with Crippen molar-refractivity contribution >= 4 is 22.4 Å². The number of rotatable bonds is 6. The van der Waals surface area contributed by atoms with Crippen molar-refractivity contribution in [3.63, 3.8) is 0 Å². The number of allylic oxidation sites excluding steroid dienone is 2. The number of aliphatic imine (C=N–C) groups is 1. The van der Waals surface area contributed by atoms with Crippen molar-refractivity contribution in [1.29, 1.82) is 0 Å². The molecule has 0 bridgehead atoms. The number of aromatic amines is 1. The van der Waals surface area contributed by atoms with Crippen LogP contribution in [0, 0.1) is 12.3 Å². The predicted octanol–water partition coefficient (Wildman–Crippen LogP) is 5.85. The Morgan fingerprint density at radius 2 is 2.00 bits per heavy atom. The number of aryl methyl sites for hydroxylation is 1. The lowest BCUT2D eigenvalue weighted by Gasteiger charge is -2.31. The number of nitrogens with zero attached hydrogens (tertiary/aromatic N) is 1. The van der Waals surface area contributed by atoms with E-state index in [2.05, 4.69) is 50.9 Å². The van der Waals surface area contributed by atoms with E-state index in [9.17, 15) is 9.90 Å². The van der Waals surface area contributed by atoms with Gasteiger partial charge in [-0.05, 0) is 43.2 Å². The van der Waals surface area contributed by atoms with Gasteiger partial charge in [0, 0.05) is 41.7 Å². The maximum absolute atomic E-state index is 12.7. The van der Waals surface area contributed by atoms with Gasteiger partial charge >= 0.3 is 0 Å². The van der Waals surface area contributed by atoms with E-state index in [-0.39, 0.29) is 17.0 Å². The van der Waals surface area contributed by atoms with E-state index in [1.807, 2.05) is 6.07 Å². The molecule has 0 saturated heterocycles. The summed E-state index contributed by atoms with van der Waals surface area (Å²) in [4.78, 5) is 21.0. The molecule has 2 N–H and O–H groups in total. The van der Waals surface area contributed by atoms with E-state index in [0.717, 1.165) is 36.9 Å². The summed E-state index contributed by atoms with van der Waals surface area (Å²) in [6.07, 6.45) is 4.45. The number of para-hydroxylation sites is 1. The molecule has 0 amide bonds. The zero-order valence-electron chi connectivity index (χ0n) is 17.6. The van der Waals surface area contributed by atoms with Crippen LogP contribution in [0.25, 0.3) is 10.9 Å². The minimum Gasteiger partial charge on any atom is -0.511 e. The van der Waals surface area contributed by atoms with E-state index in [0.29, 0.717) is 25.0 Å². The molecule has 1 aromatic heterocycles. The highest BCUT2D eigenvalue weighted by Crippen LogP contribution is 2.36. The number of hydrogen-bond acceptors (Lipinski definition) is 3. The van der Waals surface area contributed by atoms with Crippen molar-refractivity contribution in [2.24, 2.45) is 10.4 Å². The van der Waals surface area contributed by atoms with Gasteiger partial charge in [0.25, 0.3) is 0 Å². The largest absolute Gasteiger partial charge is 0.511 e. The zero-order valence-corrected chi connectivity index (χ0v) is 17.6. The minimum atomic E-state index is -0.110. The first-order chi connectivity index (χ1) is 13.3. The number of carbonyl (C=O) groups is 1. The van der Waals surface area contributed by atoms with E-state index in [1.54, 1.807) is 0 Å². The topological polar surface area (TPSA) is 65.4 Å². The summed E-state index contributed by atoms with van der Waals surface area (Å²) in [7, 11) is 0. The Balaban J connectivity index is 1.86. The lowest BCUT2D eigenvalue weighted by molar-refractivity contribution is -0.117. The predicted molar refractivity (Wildman–Crippen MR) is 116 cm³/mol.